The molecule has 2 aromatic rings. The molecule has 14 heteroatoms. The van der Waals surface area contributed by atoms with Gasteiger partial charge in [0.25, 0.3) is 10.0 Å². The van der Waals surface area contributed by atoms with E-state index in [1.54, 1.807) is 0 Å². The zero-order chi connectivity index (χ0) is 22.7. The number of nitro groups is 1. The van der Waals surface area contributed by atoms with Crippen LogP contribution in [0.3, 0.4) is 0 Å². The number of sulfone groups is 1. The van der Waals surface area contributed by atoms with E-state index in [0.717, 1.165) is 0 Å². The highest BCUT2D eigenvalue weighted by Crippen LogP contribution is 2.27. The fourth-order valence-corrected chi connectivity index (χ4v) is 5.58. The highest BCUT2D eigenvalue weighted by atomic mass is 32.2. The maximum Gasteiger partial charge on any atom is 0.305 e. The van der Waals surface area contributed by atoms with E-state index in [1.807, 2.05) is 0 Å². The van der Waals surface area contributed by atoms with Crippen molar-refractivity contribution in [3.05, 3.63) is 63.2 Å². The monoisotopic (exact) mass is 477 g/mol. The molecule has 0 bridgehead atoms. The minimum absolute atomic E-state index is 0.0826. The average Bonchev–Trinajstić information content (AvgIpc) is 2.57. The van der Waals surface area contributed by atoms with Gasteiger partial charge in [-0.15, -0.1) is 0 Å². The second-order valence-corrected chi connectivity index (χ2v) is 10.5. The molecule has 2 rings (SSSR count). The smallest absolute Gasteiger partial charge is 0.305 e. The van der Waals surface area contributed by atoms with Crippen molar-refractivity contribution in [2.24, 2.45) is 0 Å². The van der Waals surface area contributed by atoms with E-state index >= 15 is 0 Å². The van der Waals surface area contributed by atoms with Crippen LogP contribution in [0.15, 0.2) is 46.2 Å². The molecule has 0 aliphatic carbocycles. The number of hydrogen-bond acceptors (Lipinski definition) is 9. The van der Waals surface area contributed by atoms with Crippen LogP contribution < -0.4 is 4.72 Å². The van der Waals surface area contributed by atoms with E-state index < -0.39 is 42.0 Å². The van der Waals surface area contributed by atoms with Gasteiger partial charge in [-0.25, -0.2) is 21.0 Å². The lowest BCUT2D eigenvalue weighted by Gasteiger charge is -2.14. The van der Waals surface area contributed by atoms with Crippen LogP contribution in [0.25, 0.3) is 0 Å². The molecule has 0 spiro atoms. The molecular weight excluding hydrogens is 460 g/mol. The molecule has 1 unspecified atom stereocenters. The molecule has 0 radical (unpaired) electrons. The summed E-state index contributed by atoms with van der Waals surface area (Å²) in [6.07, 6.45) is 0. The number of benzene rings is 2. The molecule has 164 valence electrons. The zero-order valence-corrected chi connectivity index (χ0v) is 18.2. The van der Waals surface area contributed by atoms with Gasteiger partial charge in [0.2, 0.25) is 9.84 Å². The van der Waals surface area contributed by atoms with Gasteiger partial charge in [0, 0.05) is 10.6 Å². The van der Waals surface area contributed by atoms with E-state index in [2.05, 4.69) is 8.91 Å². The van der Waals surface area contributed by atoms with Crippen LogP contribution in [0, 0.1) is 24.0 Å². The average molecular weight is 478 g/mol. The Morgan fingerprint density at radius 3 is 2.07 bits per heavy atom. The van der Waals surface area contributed by atoms with Gasteiger partial charge in [0.05, 0.1) is 27.8 Å². The van der Waals surface area contributed by atoms with Crippen LogP contribution in [-0.2, 0) is 42.0 Å². The van der Waals surface area contributed by atoms with Crippen LogP contribution in [-0.4, -0.2) is 36.4 Å². The topological polar surface area (TPSA) is 173 Å². The number of sulfonamides is 1. The second-order valence-electron chi connectivity index (χ2n) is 6.23. The Hall–Kier alpha value is -2.39. The third-order valence-corrected chi connectivity index (χ3v) is 7.38. The van der Waals surface area contributed by atoms with E-state index in [0.29, 0.717) is 5.56 Å². The molecule has 0 aliphatic heterocycles. The van der Waals surface area contributed by atoms with Gasteiger partial charge < -0.3 is 4.55 Å². The third kappa shape index (κ3) is 6.06. The normalized spacial score (nSPS) is 13.0. The maximum atomic E-state index is 12.6. The number of rotatable bonds is 9. The number of anilines is 1. The third-order valence-electron chi connectivity index (χ3n) is 3.85. The van der Waals surface area contributed by atoms with Crippen molar-refractivity contribution in [3.8, 4) is 0 Å². The van der Waals surface area contributed by atoms with E-state index in [9.17, 15) is 35.7 Å². The van der Waals surface area contributed by atoms with Crippen LogP contribution in [0.4, 0.5) is 5.69 Å². The Labute approximate surface area is 175 Å². The summed E-state index contributed by atoms with van der Waals surface area (Å²) in [5, 5.41) is 10.6. The van der Waals surface area contributed by atoms with Crippen molar-refractivity contribution >= 4 is 36.9 Å². The van der Waals surface area contributed by atoms with Gasteiger partial charge in [-0.2, -0.15) is 0 Å². The highest BCUT2D eigenvalue weighted by molar-refractivity contribution is 7.92. The van der Waals surface area contributed by atoms with Crippen molar-refractivity contribution < 1.29 is 34.7 Å². The molecule has 0 heterocycles. The molecule has 0 saturated heterocycles. The van der Waals surface area contributed by atoms with Gasteiger partial charge >= 0.3 is 5.88 Å². The molecule has 11 nitrogen and oxygen atoms in total. The van der Waals surface area contributed by atoms with Gasteiger partial charge in [-0.3, -0.25) is 19.0 Å². The summed E-state index contributed by atoms with van der Waals surface area (Å²) in [7, 11) is -8.21. The summed E-state index contributed by atoms with van der Waals surface area (Å²) in [6, 6.07) is 7.80. The fourth-order valence-electron chi connectivity index (χ4n) is 2.80. The first kappa shape index (κ1) is 23.9. The lowest BCUT2D eigenvalue weighted by atomic mass is 10.1. The molecule has 1 atom stereocenters. The van der Waals surface area contributed by atoms with E-state index in [-0.39, 0.29) is 33.2 Å². The summed E-state index contributed by atoms with van der Waals surface area (Å²) < 4.78 is 77.1. The highest BCUT2D eigenvalue weighted by Gasteiger charge is 2.26. The summed E-state index contributed by atoms with van der Waals surface area (Å²) >= 11 is -2.69. The second kappa shape index (κ2) is 9.18. The standard InChI is InChI=1S/C16H18N2O9S3/c1-11-7-14(8-12(2)16(11)29(23,24)10-18(19)20)17-30(25,26)15-5-3-13(4-6-15)9-27-28(21)22/h3-8,17H,9-10H2,1-2H3,(H,21,22)/p-1. The Kier molecular flexibility index (Phi) is 7.31. The minimum Gasteiger partial charge on any atom is -0.750 e. The summed E-state index contributed by atoms with van der Waals surface area (Å²) in [5.41, 5.74) is 0.838. The van der Waals surface area contributed by atoms with Gasteiger partial charge in [-0.1, -0.05) is 12.1 Å². The Morgan fingerprint density at radius 2 is 1.60 bits per heavy atom. The Bertz CT molecular complexity index is 1170. The molecule has 2 aromatic carbocycles. The number of hydrogen-bond donors (Lipinski definition) is 1. The predicted octanol–water partition coefficient (Wildman–Crippen LogP) is 1.42. The van der Waals surface area contributed by atoms with E-state index in [1.165, 1.54) is 50.2 Å². The van der Waals surface area contributed by atoms with Crippen molar-refractivity contribution in [2.45, 2.75) is 30.2 Å². The Balaban J connectivity index is 2.29. The zero-order valence-electron chi connectivity index (χ0n) is 15.7. The summed E-state index contributed by atoms with van der Waals surface area (Å²) in [5.74, 6) is -1.27. The summed E-state index contributed by atoms with van der Waals surface area (Å²) in [4.78, 5) is 9.33. The lowest BCUT2D eigenvalue weighted by Crippen LogP contribution is -2.18. The molecule has 0 saturated carbocycles. The fraction of sp³-hybridized carbons (Fsp3) is 0.250. The lowest BCUT2D eigenvalue weighted by molar-refractivity contribution is -0.458. The van der Waals surface area contributed by atoms with Crippen molar-refractivity contribution in [3.63, 3.8) is 0 Å². The molecule has 0 amide bonds. The van der Waals surface area contributed by atoms with Crippen LogP contribution in [0.1, 0.15) is 16.7 Å². The molecular formula is C16H17N2O9S3-. The van der Waals surface area contributed by atoms with Crippen molar-refractivity contribution in [2.75, 3.05) is 10.6 Å². The van der Waals surface area contributed by atoms with Gasteiger partial charge in [-0.05, 0) is 54.8 Å². The summed E-state index contributed by atoms with van der Waals surface area (Å²) in [6.45, 7) is 2.57. The van der Waals surface area contributed by atoms with Crippen LogP contribution in [0.2, 0.25) is 0 Å². The van der Waals surface area contributed by atoms with Gasteiger partial charge in [0.15, 0.2) is 0 Å². The van der Waals surface area contributed by atoms with Crippen molar-refractivity contribution in [1.29, 1.82) is 0 Å². The Morgan fingerprint density at radius 1 is 1.07 bits per heavy atom. The minimum atomic E-state index is -4.18. The molecule has 1 N–H and O–H groups in total. The maximum absolute atomic E-state index is 12.6. The molecule has 0 aliphatic rings. The van der Waals surface area contributed by atoms with E-state index in [4.69, 9.17) is 0 Å². The van der Waals surface area contributed by atoms with Gasteiger partial charge in [0.1, 0.15) is 0 Å². The largest absolute Gasteiger partial charge is 0.750 e. The number of nitrogens with zero attached hydrogens (tertiary/aromatic N) is 1. The quantitative estimate of drug-likeness (QED) is 0.318. The predicted molar refractivity (Wildman–Crippen MR) is 106 cm³/mol. The number of nitrogens with one attached hydrogen (secondary N) is 1. The SMILES string of the molecule is Cc1cc(NS(=O)(=O)c2ccc(COS(=O)[O-])cc2)cc(C)c1S(=O)(=O)C[N+](=O)[O-]. The first-order valence-corrected chi connectivity index (χ1v) is 12.3. The molecule has 0 aromatic heterocycles. The van der Waals surface area contributed by atoms with Crippen LogP contribution >= 0.6 is 0 Å². The molecule has 30 heavy (non-hydrogen) atoms. The van der Waals surface area contributed by atoms with Crippen molar-refractivity contribution in [1.82, 2.24) is 0 Å². The first-order valence-electron chi connectivity index (χ1n) is 8.12. The van der Waals surface area contributed by atoms with Crippen LogP contribution in [0.5, 0.6) is 0 Å². The number of aryl methyl sites for hydroxylation is 2. The first-order chi connectivity index (χ1) is 13.8. The molecule has 0 fully saturated rings.